The summed E-state index contributed by atoms with van der Waals surface area (Å²) >= 11 is 1.63. The summed E-state index contributed by atoms with van der Waals surface area (Å²) in [6, 6.07) is 14.5. The van der Waals surface area contributed by atoms with E-state index in [1.807, 2.05) is 42.7 Å². The predicted molar refractivity (Wildman–Crippen MR) is 101 cm³/mol. The maximum atomic E-state index is 13.0. The maximum Gasteiger partial charge on any atom is 0.228 e. The van der Waals surface area contributed by atoms with Crippen LogP contribution in [0.4, 0.5) is 10.1 Å². The number of thioether (sulfide) groups is 1. The smallest absolute Gasteiger partial charge is 0.228 e. The second-order valence-electron chi connectivity index (χ2n) is 6.39. The van der Waals surface area contributed by atoms with E-state index in [4.69, 9.17) is 0 Å². The third kappa shape index (κ3) is 4.83. The molecule has 0 saturated carbocycles. The van der Waals surface area contributed by atoms with Crippen molar-refractivity contribution in [1.82, 2.24) is 4.90 Å². The number of halogens is 1. The molecule has 1 atom stereocenters. The molecule has 0 radical (unpaired) electrons. The zero-order valence-electron chi connectivity index (χ0n) is 14.4. The summed E-state index contributed by atoms with van der Waals surface area (Å²) in [5.41, 5.74) is 1.96. The van der Waals surface area contributed by atoms with Gasteiger partial charge in [-0.25, -0.2) is 4.39 Å². The van der Waals surface area contributed by atoms with Crippen molar-refractivity contribution in [2.24, 2.45) is 5.92 Å². The zero-order valence-corrected chi connectivity index (χ0v) is 15.2. The summed E-state index contributed by atoms with van der Waals surface area (Å²) in [6.45, 7) is 2.47. The van der Waals surface area contributed by atoms with E-state index in [0.717, 1.165) is 48.6 Å². The number of likely N-dealkylation sites (tertiary alicyclic amines) is 1. The van der Waals surface area contributed by atoms with Crippen LogP contribution in [0.1, 0.15) is 18.4 Å². The molecule has 132 valence electrons. The Kier molecular flexibility index (Phi) is 6.10. The van der Waals surface area contributed by atoms with Crippen LogP contribution in [0.2, 0.25) is 0 Å². The van der Waals surface area contributed by atoms with Crippen molar-refractivity contribution >= 4 is 23.4 Å². The van der Waals surface area contributed by atoms with E-state index in [9.17, 15) is 9.18 Å². The van der Waals surface area contributed by atoms with Crippen LogP contribution >= 0.6 is 11.8 Å². The molecule has 5 heteroatoms. The summed E-state index contributed by atoms with van der Waals surface area (Å²) < 4.78 is 13.0. The van der Waals surface area contributed by atoms with Crippen molar-refractivity contribution in [2.45, 2.75) is 24.3 Å². The van der Waals surface area contributed by atoms with Crippen molar-refractivity contribution in [3.8, 4) is 0 Å². The summed E-state index contributed by atoms with van der Waals surface area (Å²) in [5, 5.41) is 3.09. The third-order valence-corrected chi connectivity index (χ3v) is 5.36. The van der Waals surface area contributed by atoms with Crippen LogP contribution in [-0.2, 0) is 11.3 Å². The van der Waals surface area contributed by atoms with E-state index in [1.54, 1.807) is 11.8 Å². The summed E-state index contributed by atoms with van der Waals surface area (Å²) in [4.78, 5) is 16.0. The van der Waals surface area contributed by atoms with Gasteiger partial charge in [0.2, 0.25) is 5.91 Å². The van der Waals surface area contributed by atoms with E-state index in [1.165, 1.54) is 12.1 Å². The van der Waals surface area contributed by atoms with Gasteiger partial charge in [-0.15, -0.1) is 11.8 Å². The quantitative estimate of drug-likeness (QED) is 0.804. The number of hydrogen-bond donors (Lipinski definition) is 1. The number of para-hydroxylation sites is 1. The van der Waals surface area contributed by atoms with Crippen LogP contribution in [-0.4, -0.2) is 30.2 Å². The number of hydrogen-bond acceptors (Lipinski definition) is 3. The Morgan fingerprint density at radius 3 is 2.76 bits per heavy atom. The molecule has 3 nitrogen and oxygen atoms in total. The molecule has 2 aromatic carbocycles. The number of nitrogens with zero attached hydrogens (tertiary/aromatic N) is 1. The molecule has 1 aliphatic heterocycles. The molecule has 1 N–H and O–H groups in total. The lowest BCUT2D eigenvalue weighted by Gasteiger charge is -2.32. The van der Waals surface area contributed by atoms with Gasteiger partial charge in [0, 0.05) is 18.0 Å². The molecule has 3 rings (SSSR count). The standard InChI is InChI=1S/C20H23FN2OS/c1-25-19-7-3-2-6-18(19)22-20(24)16-5-4-12-23(14-16)13-15-8-10-17(21)11-9-15/h2-3,6-11,16H,4-5,12-14H2,1H3,(H,22,24)/t16-/m0/s1. The van der Waals surface area contributed by atoms with Gasteiger partial charge in [-0.05, 0) is 55.5 Å². The Morgan fingerprint density at radius 2 is 2.00 bits per heavy atom. The maximum absolute atomic E-state index is 13.0. The fourth-order valence-corrected chi connectivity index (χ4v) is 3.80. The Morgan fingerprint density at radius 1 is 1.24 bits per heavy atom. The minimum Gasteiger partial charge on any atom is -0.325 e. The normalized spacial score (nSPS) is 18.1. The largest absolute Gasteiger partial charge is 0.325 e. The van der Waals surface area contributed by atoms with Gasteiger partial charge in [-0.1, -0.05) is 24.3 Å². The van der Waals surface area contributed by atoms with Gasteiger partial charge >= 0.3 is 0 Å². The average molecular weight is 358 g/mol. The molecular formula is C20H23FN2OS. The highest BCUT2D eigenvalue weighted by atomic mass is 32.2. The van der Waals surface area contributed by atoms with Gasteiger partial charge in [-0.3, -0.25) is 9.69 Å². The molecule has 1 amide bonds. The Labute approximate surface area is 152 Å². The zero-order chi connectivity index (χ0) is 17.6. The molecular weight excluding hydrogens is 335 g/mol. The van der Waals surface area contributed by atoms with Gasteiger partial charge in [0.15, 0.2) is 0 Å². The van der Waals surface area contributed by atoms with E-state index in [2.05, 4.69) is 10.2 Å². The molecule has 1 fully saturated rings. The minimum absolute atomic E-state index is 0.0101. The summed E-state index contributed by atoms with van der Waals surface area (Å²) in [6.07, 6.45) is 3.92. The highest BCUT2D eigenvalue weighted by Crippen LogP contribution is 2.26. The molecule has 0 unspecified atom stereocenters. The Balaban J connectivity index is 1.60. The van der Waals surface area contributed by atoms with Crippen LogP contribution < -0.4 is 5.32 Å². The Bertz CT molecular complexity index is 720. The number of benzene rings is 2. The lowest BCUT2D eigenvalue weighted by molar-refractivity contribution is -0.121. The number of carbonyl (C=O) groups is 1. The first-order chi connectivity index (χ1) is 12.2. The van der Waals surface area contributed by atoms with Gasteiger partial charge in [0.25, 0.3) is 0 Å². The number of carbonyl (C=O) groups excluding carboxylic acids is 1. The molecule has 0 bridgehead atoms. The van der Waals surface area contributed by atoms with Crippen molar-refractivity contribution in [2.75, 3.05) is 24.7 Å². The number of amides is 1. The molecule has 1 heterocycles. The molecule has 1 saturated heterocycles. The van der Waals surface area contributed by atoms with Gasteiger partial charge in [0.05, 0.1) is 11.6 Å². The van der Waals surface area contributed by atoms with Gasteiger partial charge in [0.1, 0.15) is 5.82 Å². The summed E-state index contributed by atoms with van der Waals surface area (Å²) in [5.74, 6) is -0.137. The van der Waals surface area contributed by atoms with E-state index in [-0.39, 0.29) is 17.6 Å². The first-order valence-electron chi connectivity index (χ1n) is 8.56. The number of nitrogens with one attached hydrogen (secondary N) is 1. The average Bonchev–Trinajstić information content (AvgIpc) is 2.64. The first kappa shape index (κ1) is 18.0. The molecule has 2 aromatic rings. The molecule has 0 spiro atoms. The SMILES string of the molecule is CSc1ccccc1NC(=O)[C@H]1CCCN(Cc2ccc(F)cc2)C1. The van der Waals surface area contributed by atoms with Crippen molar-refractivity contribution in [1.29, 1.82) is 0 Å². The molecule has 25 heavy (non-hydrogen) atoms. The highest BCUT2D eigenvalue weighted by Gasteiger charge is 2.26. The van der Waals surface area contributed by atoms with Crippen molar-refractivity contribution < 1.29 is 9.18 Å². The third-order valence-electron chi connectivity index (χ3n) is 4.56. The fourth-order valence-electron chi connectivity index (χ4n) is 3.24. The van der Waals surface area contributed by atoms with Crippen LogP contribution in [0.3, 0.4) is 0 Å². The second-order valence-corrected chi connectivity index (χ2v) is 7.24. The van der Waals surface area contributed by atoms with Crippen molar-refractivity contribution in [3.05, 3.63) is 59.9 Å². The summed E-state index contributed by atoms with van der Waals surface area (Å²) in [7, 11) is 0. The number of anilines is 1. The lowest BCUT2D eigenvalue weighted by Crippen LogP contribution is -2.40. The Hall–Kier alpha value is -1.85. The fraction of sp³-hybridized carbons (Fsp3) is 0.350. The number of rotatable bonds is 5. The van der Waals surface area contributed by atoms with E-state index < -0.39 is 0 Å². The van der Waals surface area contributed by atoms with E-state index in [0.29, 0.717) is 0 Å². The number of piperidine rings is 1. The molecule has 0 aliphatic carbocycles. The van der Waals surface area contributed by atoms with Gasteiger partial charge in [-0.2, -0.15) is 0 Å². The lowest BCUT2D eigenvalue weighted by atomic mass is 9.96. The van der Waals surface area contributed by atoms with Gasteiger partial charge < -0.3 is 5.32 Å². The topological polar surface area (TPSA) is 32.3 Å². The van der Waals surface area contributed by atoms with E-state index >= 15 is 0 Å². The molecule has 1 aliphatic rings. The van der Waals surface area contributed by atoms with Crippen LogP contribution in [0.25, 0.3) is 0 Å². The second kappa shape index (κ2) is 8.50. The minimum atomic E-state index is -0.216. The monoisotopic (exact) mass is 358 g/mol. The highest BCUT2D eigenvalue weighted by molar-refractivity contribution is 7.98. The van der Waals surface area contributed by atoms with Crippen LogP contribution in [0.5, 0.6) is 0 Å². The van der Waals surface area contributed by atoms with Crippen LogP contribution in [0, 0.1) is 11.7 Å². The predicted octanol–water partition coefficient (Wildman–Crippen LogP) is 4.40. The first-order valence-corrected chi connectivity index (χ1v) is 9.79. The molecule has 0 aromatic heterocycles. The van der Waals surface area contributed by atoms with Crippen molar-refractivity contribution in [3.63, 3.8) is 0 Å². The van der Waals surface area contributed by atoms with Crippen LogP contribution in [0.15, 0.2) is 53.4 Å².